The first-order valence-electron chi connectivity index (χ1n) is 11.4. The number of imide groups is 1. The molecule has 3 aromatic rings. The molecule has 0 aliphatic carbocycles. The Labute approximate surface area is 207 Å². The molecular formula is C27H23N3O6. The molecule has 9 heteroatoms. The highest BCUT2D eigenvalue weighted by Gasteiger charge is 2.39. The lowest BCUT2D eigenvalue weighted by Gasteiger charge is -2.29. The van der Waals surface area contributed by atoms with Gasteiger partial charge < -0.3 is 19.7 Å². The highest BCUT2D eigenvalue weighted by atomic mass is 16.5. The van der Waals surface area contributed by atoms with Crippen LogP contribution in [0.1, 0.15) is 39.1 Å². The molecule has 2 aliphatic rings. The van der Waals surface area contributed by atoms with Gasteiger partial charge >= 0.3 is 0 Å². The number of fused-ring (bicyclic) bond motifs is 1. The summed E-state index contributed by atoms with van der Waals surface area (Å²) in [4.78, 5) is 50.9. The molecule has 0 bridgehead atoms. The van der Waals surface area contributed by atoms with Crippen LogP contribution in [0.15, 0.2) is 66.7 Å². The lowest BCUT2D eigenvalue weighted by molar-refractivity contribution is -0.136. The number of ether oxygens (including phenoxy) is 2. The van der Waals surface area contributed by atoms with Crippen LogP contribution in [0.3, 0.4) is 0 Å². The van der Waals surface area contributed by atoms with Crippen LogP contribution >= 0.6 is 0 Å². The summed E-state index contributed by atoms with van der Waals surface area (Å²) in [6, 6.07) is 18.3. The van der Waals surface area contributed by atoms with Crippen LogP contribution in [0.2, 0.25) is 0 Å². The minimum absolute atomic E-state index is 0.194. The summed E-state index contributed by atoms with van der Waals surface area (Å²) in [7, 11) is 1.59. The number of carbonyl (C=O) groups is 4. The van der Waals surface area contributed by atoms with E-state index in [9.17, 15) is 19.2 Å². The zero-order valence-electron chi connectivity index (χ0n) is 19.4. The summed E-state index contributed by atoms with van der Waals surface area (Å²) >= 11 is 0. The first-order chi connectivity index (χ1) is 17.4. The summed E-state index contributed by atoms with van der Waals surface area (Å²) in [5.74, 6) is 0.444. The van der Waals surface area contributed by atoms with Gasteiger partial charge in [-0.25, -0.2) is 0 Å². The van der Waals surface area contributed by atoms with Gasteiger partial charge in [0.15, 0.2) is 0 Å². The molecule has 1 atom stereocenters. The van der Waals surface area contributed by atoms with E-state index in [0.29, 0.717) is 46.0 Å². The average molecular weight is 485 g/mol. The third kappa shape index (κ3) is 4.63. The third-order valence-corrected chi connectivity index (χ3v) is 6.17. The highest BCUT2D eigenvalue weighted by molar-refractivity contribution is 6.07. The molecule has 0 radical (unpaired) electrons. The molecule has 36 heavy (non-hydrogen) atoms. The van der Waals surface area contributed by atoms with Crippen LogP contribution < -0.4 is 20.1 Å². The molecule has 1 fully saturated rings. The van der Waals surface area contributed by atoms with Gasteiger partial charge in [-0.2, -0.15) is 0 Å². The quantitative estimate of drug-likeness (QED) is 0.517. The maximum atomic E-state index is 12.9. The van der Waals surface area contributed by atoms with Crippen molar-refractivity contribution in [1.29, 1.82) is 0 Å². The number of piperidine rings is 1. The number of methoxy groups -OCH3 is 1. The van der Waals surface area contributed by atoms with Crippen LogP contribution in [0.25, 0.3) is 0 Å². The monoisotopic (exact) mass is 485 g/mol. The van der Waals surface area contributed by atoms with Crippen molar-refractivity contribution in [3.63, 3.8) is 0 Å². The largest absolute Gasteiger partial charge is 0.497 e. The van der Waals surface area contributed by atoms with E-state index in [4.69, 9.17) is 9.47 Å². The predicted molar refractivity (Wildman–Crippen MR) is 130 cm³/mol. The van der Waals surface area contributed by atoms with Crippen molar-refractivity contribution in [2.75, 3.05) is 12.4 Å². The van der Waals surface area contributed by atoms with Crippen molar-refractivity contribution in [3.8, 4) is 17.2 Å². The normalized spacial score (nSPS) is 16.9. The van der Waals surface area contributed by atoms with Gasteiger partial charge in [0.1, 0.15) is 23.3 Å². The van der Waals surface area contributed by atoms with E-state index >= 15 is 0 Å². The fourth-order valence-electron chi connectivity index (χ4n) is 4.34. The van der Waals surface area contributed by atoms with Crippen molar-refractivity contribution in [2.45, 2.75) is 25.4 Å². The van der Waals surface area contributed by atoms with E-state index in [1.807, 2.05) is 0 Å². The van der Waals surface area contributed by atoms with Gasteiger partial charge in [-0.1, -0.05) is 6.07 Å². The van der Waals surface area contributed by atoms with Crippen molar-refractivity contribution in [1.82, 2.24) is 10.2 Å². The minimum atomic E-state index is -0.686. The maximum absolute atomic E-state index is 12.9. The molecule has 9 nitrogen and oxygen atoms in total. The molecule has 2 aliphatic heterocycles. The molecule has 5 rings (SSSR count). The third-order valence-electron chi connectivity index (χ3n) is 6.17. The highest BCUT2D eigenvalue weighted by Crippen LogP contribution is 2.30. The van der Waals surface area contributed by atoms with E-state index in [-0.39, 0.29) is 30.7 Å². The minimum Gasteiger partial charge on any atom is -0.497 e. The number of rotatable bonds is 6. The van der Waals surface area contributed by atoms with E-state index in [0.717, 1.165) is 0 Å². The predicted octanol–water partition coefficient (Wildman–Crippen LogP) is 3.50. The van der Waals surface area contributed by atoms with E-state index in [1.54, 1.807) is 73.8 Å². The first kappa shape index (κ1) is 23.1. The molecule has 0 saturated carbocycles. The van der Waals surface area contributed by atoms with Gasteiger partial charge in [0.25, 0.3) is 11.8 Å². The van der Waals surface area contributed by atoms with Crippen LogP contribution in [0, 0.1) is 0 Å². The van der Waals surface area contributed by atoms with E-state index in [1.165, 1.54) is 4.90 Å². The van der Waals surface area contributed by atoms with Gasteiger partial charge in [0, 0.05) is 29.8 Å². The Morgan fingerprint density at radius 2 is 1.75 bits per heavy atom. The molecule has 4 amide bonds. The standard InChI is InChI=1S/C27H23N3O6/c1-35-19-6-8-20(9-7-19)36-21-4-2-3-16(14-21)25(32)28-18-5-10-22-17(13-18)15-30(27(22)34)23-11-12-24(31)29-26(23)33/h2-10,13-14,23H,11-12,15H2,1H3,(H,28,32)(H,29,31,33). The molecule has 0 spiro atoms. The fraction of sp³-hybridized carbons (Fsp3) is 0.185. The Balaban J connectivity index is 1.27. The summed E-state index contributed by atoms with van der Waals surface area (Å²) in [6.07, 6.45) is 0.488. The van der Waals surface area contributed by atoms with E-state index in [2.05, 4.69) is 10.6 Å². The Bertz CT molecular complexity index is 1370. The summed E-state index contributed by atoms with van der Waals surface area (Å²) < 4.78 is 11.0. The molecular weight excluding hydrogens is 462 g/mol. The van der Waals surface area contributed by atoms with Crippen LogP contribution in [0.4, 0.5) is 5.69 Å². The van der Waals surface area contributed by atoms with Gasteiger partial charge in [-0.3, -0.25) is 24.5 Å². The summed E-state index contributed by atoms with van der Waals surface area (Å²) in [6.45, 7) is 0.231. The second-order valence-electron chi connectivity index (χ2n) is 8.53. The Hall–Kier alpha value is -4.66. The second-order valence-corrected chi connectivity index (χ2v) is 8.53. The molecule has 1 saturated heterocycles. The summed E-state index contributed by atoms with van der Waals surface area (Å²) in [5.41, 5.74) is 2.12. The SMILES string of the molecule is COc1ccc(Oc2cccc(C(=O)Nc3ccc4c(c3)CN(C3CCC(=O)NC3=O)C4=O)c2)cc1. The maximum Gasteiger partial charge on any atom is 0.255 e. The fourth-order valence-corrected chi connectivity index (χ4v) is 4.34. The number of benzene rings is 3. The van der Waals surface area contributed by atoms with Gasteiger partial charge in [-0.05, 0) is 72.6 Å². The van der Waals surface area contributed by atoms with Crippen LogP contribution in [0.5, 0.6) is 17.2 Å². The lowest BCUT2D eigenvalue weighted by atomic mass is 10.0. The van der Waals surface area contributed by atoms with Crippen molar-refractivity contribution in [2.24, 2.45) is 0 Å². The summed E-state index contributed by atoms with van der Waals surface area (Å²) in [5, 5.41) is 5.14. The number of carbonyl (C=O) groups excluding carboxylic acids is 4. The van der Waals surface area contributed by atoms with Gasteiger partial charge in [0.05, 0.1) is 7.11 Å². The number of anilines is 1. The topological polar surface area (TPSA) is 114 Å². The van der Waals surface area contributed by atoms with Crippen LogP contribution in [-0.4, -0.2) is 41.7 Å². The van der Waals surface area contributed by atoms with Crippen molar-refractivity contribution < 1.29 is 28.7 Å². The lowest BCUT2D eigenvalue weighted by Crippen LogP contribution is -2.52. The van der Waals surface area contributed by atoms with Crippen molar-refractivity contribution in [3.05, 3.63) is 83.4 Å². The second kappa shape index (κ2) is 9.53. The Kier molecular flexibility index (Phi) is 6.12. The van der Waals surface area contributed by atoms with Crippen molar-refractivity contribution >= 4 is 29.3 Å². The smallest absolute Gasteiger partial charge is 0.255 e. The number of hydrogen-bond donors (Lipinski definition) is 2. The number of hydrogen-bond acceptors (Lipinski definition) is 6. The Morgan fingerprint density at radius 3 is 2.50 bits per heavy atom. The number of amides is 4. The molecule has 182 valence electrons. The Morgan fingerprint density at radius 1 is 0.972 bits per heavy atom. The van der Waals surface area contributed by atoms with Gasteiger partial charge in [-0.15, -0.1) is 0 Å². The zero-order chi connectivity index (χ0) is 25.2. The first-order valence-corrected chi connectivity index (χ1v) is 11.4. The average Bonchev–Trinajstić information content (AvgIpc) is 3.20. The molecule has 2 N–H and O–H groups in total. The zero-order valence-corrected chi connectivity index (χ0v) is 19.4. The molecule has 0 aromatic heterocycles. The molecule has 3 aromatic carbocycles. The number of nitrogens with zero attached hydrogens (tertiary/aromatic N) is 1. The molecule has 1 unspecified atom stereocenters. The van der Waals surface area contributed by atoms with E-state index < -0.39 is 11.9 Å². The molecule has 2 heterocycles. The van der Waals surface area contributed by atoms with Gasteiger partial charge in [0.2, 0.25) is 11.8 Å². The van der Waals surface area contributed by atoms with Crippen LogP contribution in [-0.2, 0) is 16.1 Å². The number of nitrogens with one attached hydrogen (secondary N) is 2.